The zero-order valence-electron chi connectivity index (χ0n) is 6.71. The van der Waals surface area contributed by atoms with E-state index in [2.05, 4.69) is 11.8 Å². The Morgan fingerprint density at radius 2 is 2.23 bits per heavy atom. The van der Waals surface area contributed by atoms with Crippen molar-refractivity contribution in [1.82, 2.24) is 0 Å². The van der Waals surface area contributed by atoms with E-state index in [-0.39, 0.29) is 12.2 Å². The van der Waals surface area contributed by atoms with Crippen LogP contribution in [0.4, 0.5) is 4.39 Å². The van der Waals surface area contributed by atoms with Crippen molar-refractivity contribution in [3.63, 3.8) is 0 Å². The van der Waals surface area contributed by atoms with Gasteiger partial charge in [0.15, 0.2) is 6.07 Å². The van der Waals surface area contributed by atoms with Crippen LogP contribution < -0.4 is 0 Å². The molecule has 0 heterocycles. The summed E-state index contributed by atoms with van der Waals surface area (Å²) < 4.78 is 13.0. The Kier molecular flexibility index (Phi) is 3.03. The van der Waals surface area contributed by atoms with Crippen LogP contribution in [0.25, 0.3) is 0 Å². The number of aliphatic hydroxyl groups is 1. The summed E-state index contributed by atoms with van der Waals surface area (Å²) in [6.45, 7) is -0.205. The second-order valence-electron chi connectivity index (χ2n) is 2.33. The Bertz CT molecular complexity index is 409. The number of hydrogen-bond acceptors (Lipinski definition) is 2. The molecule has 0 aliphatic heterocycles. The largest absolute Gasteiger partial charge is 0.392 e. The van der Waals surface area contributed by atoms with Crippen LogP contribution in [0.1, 0.15) is 11.1 Å². The standard InChI is InChI=1S/C10H6FNO/c11-10-6-8(7-13)3-4-9(10)2-1-5-12/h3-4,6,13H,7H2. The maximum Gasteiger partial charge on any atom is 0.152 e. The molecule has 1 aromatic rings. The minimum atomic E-state index is -0.519. The SMILES string of the molecule is N#CC#Cc1ccc(CO)cc1F. The predicted octanol–water partition coefficient (Wildman–Crippen LogP) is 1.19. The Hall–Kier alpha value is -1.84. The van der Waals surface area contributed by atoms with Gasteiger partial charge in [0.1, 0.15) is 5.82 Å². The maximum atomic E-state index is 13.0. The van der Waals surface area contributed by atoms with Gasteiger partial charge in [-0.25, -0.2) is 4.39 Å². The molecule has 0 amide bonds. The first-order chi connectivity index (χ1) is 6.27. The molecule has 0 bridgehead atoms. The van der Waals surface area contributed by atoms with E-state index < -0.39 is 5.82 Å². The maximum absolute atomic E-state index is 13.0. The molecule has 2 nitrogen and oxygen atoms in total. The van der Waals surface area contributed by atoms with Gasteiger partial charge in [0.25, 0.3) is 0 Å². The summed E-state index contributed by atoms with van der Waals surface area (Å²) in [6.07, 6.45) is 0. The number of benzene rings is 1. The number of nitrogens with zero attached hydrogens (tertiary/aromatic N) is 1. The van der Waals surface area contributed by atoms with Crippen molar-refractivity contribution >= 4 is 0 Å². The van der Waals surface area contributed by atoms with Crippen molar-refractivity contribution in [2.24, 2.45) is 0 Å². The third kappa shape index (κ3) is 2.30. The molecule has 0 atom stereocenters. The van der Waals surface area contributed by atoms with E-state index in [1.54, 1.807) is 12.1 Å². The van der Waals surface area contributed by atoms with E-state index in [4.69, 9.17) is 10.4 Å². The van der Waals surface area contributed by atoms with Crippen molar-refractivity contribution in [2.75, 3.05) is 0 Å². The summed E-state index contributed by atoms with van der Waals surface area (Å²) in [4.78, 5) is 0. The van der Waals surface area contributed by atoms with Crippen molar-refractivity contribution in [3.05, 3.63) is 35.1 Å². The second-order valence-corrected chi connectivity index (χ2v) is 2.33. The third-order valence-corrected chi connectivity index (χ3v) is 1.47. The molecule has 13 heavy (non-hydrogen) atoms. The molecule has 1 N–H and O–H groups in total. The van der Waals surface area contributed by atoms with Crippen LogP contribution in [-0.4, -0.2) is 5.11 Å². The van der Waals surface area contributed by atoms with Crippen LogP contribution >= 0.6 is 0 Å². The Balaban J connectivity index is 3.07. The normalized spacial score (nSPS) is 8.38. The lowest BCUT2D eigenvalue weighted by molar-refractivity contribution is 0.281. The molecule has 0 aliphatic rings. The smallest absolute Gasteiger partial charge is 0.152 e. The van der Waals surface area contributed by atoms with E-state index >= 15 is 0 Å². The third-order valence-electron chi connectivity index (χ3n) is 1.47. The van der Waals surface area contributed by atoms with Gasteiger partial charge in [0, 0.05) is 5.92 Å². The topological polar surface area (TPSA) is 44.0 Å². The minimum absolute atomic E-state index is 0.166. The molecule has 0 aromatic heterocycles. The Morgan fingerprint density at radius 3 is 2.77 bits per heavy atom. The zero-order chi connectivity index (χ0) is 9.68. The summed E-state index contributed by atoms with van der Waals surface area (Å²) in [6, 6.07) is 5.79. The molecule has 0 unspecified atom stereocenters. The monoisotopic (exact) mass is 175 g/mol. The summed E-state index contributed by atoms with van der Waals surface area (Å²) in [5.41, 5.74) is 0.652. The highest BCUT2D eigenvalue weighted by molar-refractivity contribution is 5.40. The first-order valence-electron chi connectivity index (χ1n) is 3.57. The molecule has 1 aromatic carbocycles. The van der Waals surface area contributed by atoms with Gasteiger partial charge in [-0.3, -0.25) is 0 Å². The van der Waals surface area contributed by atoms with Gasteiger partial charge in [0.2, 0.25) is 0 Å². The van der Waals surface area contributed by atoms with Crippen LogP contribution in [0.5, 0.6) is 0 Å². The van der Waals surface area contributed by atoms with Gasteiger partial charge >= 0.3 is 0 Å². The number of halogens is 1. The lowest BCUT2D eigenvalue weighted by atomic mass is 10.1. The number of hydrogen-bond donors (Lipinski definition) is 1. The van der Waals surface area contributed by atoms with Gasteiger partial charge in [-0.1, -0.05) is 6.07 Å². The van der Waals surface area contributed by atoms with Crippen LogP contribution in [-0.2, 0) is 6.61 Å². The number of nitriles is 1. The average Bonchev–Trinajstić information content (AvgIpc) is 2.16. The second kappa shape index (κ2) is 4.25. The molecule has 1 rings (SSSR count). The van der Waals surface area contributed by atoms with E-state index in [1.807, 2.05) is 0 Å². The molecule has 0 radical (unpaired) electrons. The van der Waals surface area contributed by atoms with Crippen molar-refractivity contribution in [3.8, 4) is 17.9 Å². The van der Waals surface area contributed by atoms with Crippen LogP contribution in [0, 0.1) is 29.0 Å². The molecule has 0 aliphatic carbocycles. The minimum Gasteiger partial charge on any atom is -0.392 e. The summed E-state index contributed by atoms with van der Waals surface area (Å²) >= 11 is 0. The first kappa shape index (κ1) is 9.25. The average molecular weight is 175 g/mol. The van der Waals surface area contributed by atoms with Gasteiger partial charge in [-0.05, 0) is 23.6 Å². The van der Waals surface area contributed by atoms with E-state index in [0.717, 1.165) is 0 Å². The highest BCUT2D eigenvalue weighted by Gasteiger charge is 1.99. The highest BCUT2D eigenvalue weighted by atomic mass is 19.1. The Morgan fingerprint density at radius 1 is 1.46 bits per heavy atom. The van der Waals surface area contributed by atoms with Gasteiger partial charge in [0.05, 0.1) is 12.2 Å². The van der Waals surface area contributed by atoms with Gasteiger partial charge in [-0.2, -0.15) is 5.26 Å². The molecular weight excluding hydrogens is 169 g/mol. The van der Waals surface area contributed by atoms with Crippen molar-refractivity contribution < 1.29 is 9.50 Å². The van der Waals surface area contributed by atoms with Crippen LogP contribution in [0.3, 0.4) is 0 Å². The summed E-state index contributed by atoms with van der Waals surface area (Å²) in [7, 11) is 0. The fourth-order valence-corrected chi connectivity index (χ4v) is 0.854. The molecule has 0 spiro atoms. The summed E-state index contributed by atoms with van der Waals surface area (Å²) in [5.74, 6) is 3.92. The highest BCUT2D eigenvalue weighted by Crippen LogP contribution is 2.08. The number of aliphatic hydroxyl groups excluding tert-OH is 1. The predicted molar refractivity (Wildman–Crippen MR) is 44.8 cm³/mol. The zero-order valence-corrected chi connectivity index (χ0v) is 6.71. The first-order valence-corrected chi connectivity index (χ1v) is 3.57. The number of rotatable bonds is 1. The van der Waals surface area contributed by atoms with Crippen LogP contribution in [0.2, 0.25) is 0 Å². The Labute approximate surface area is 75.2 Å². The van der Waals surface area contributed by atoms with Crippen molar-refractivity contribution in [1.29, 1.82) is 5.26 Å². The molecule has 0 fully saturated rings. The molecule has 0 saturated carbocycles. The molecular formula is C10H6FNO. The van der Waals surface area contributed by atoms with E-state index in [0.29, 0.717) is 5.56 Å². The molecule has 3 heteroatoms. The fourth-order valence-electron chi connectivity index (χ4n) is 0.854. The quantitative estimate of drug-likeness (QED) is 0.651. The van der Waals surface area contributed by atoms with Gasteiger partial charge < -0.3 is 5.11 Å². The van der Waals surface area contributed by atoms with Gasteiger partial charge in [-0.15, -0.1) is 0 Å². The lowest BCUT2D eigenvalue weighted by Crippen LogP contribution is -1.88. The summed E-state index contributed by atoms with van der Waals surface area (Å²) in [5, 5.41) is 16.8. The van der Waals surface area contributed by atoms with Crippen molar-refractivity contribution in [2.45, 2.75) is 6.61 Å². The lowest BCUT2D eigenvalue weighted by Gasteiger charge is -1.97. The molecule has 64 valence electrons. The molecule has 0 saturated heterocycles. The fraction of sp³-hybridized carbons (Fsp3) is 0.100. The van der Waals surface area contributed by atoms with E-state index in [9.17, 15) is 4.39 Å². The van der Waals surface area contributed by atoms with Crippen LogP contribution in [0.15, 0.2) is 18.2 Å². The van der Waals surface area contributed by atoms with E-state index in [1.165, 1.54) is 12.1 Å².